The summed E-state index contributed by atoms with van der Waals surface area (Å²) in [5.41, 5.74) is 1.14. The van der Waals surface area contributed by atoms with Crippen LogP contribution in [0.4, 0.5) is 0 Å². The lowest BCUT2D eigenvalue weighted by molar-refractivity contribution is -0.123. The first-order valence-electron chi connectivity index (χ1n) is 4.25. The second-order valence-electron chi connectivity index (χ2n) is 3.80. The number of carbonyl (C=O) groups excluding carboxylic acids is 1. The zero-order valence-corrected chi connectivity index (χ0v) is 7.61. The average molecular weight is 152 g/mol. The summed E-state index contributed by atoms with van der Waals surface area (Å²) < 4.78 is 0. The van der Waals surface area contributed by atoms with Crippen LogP contribution in [-0.2, 0) is 4.79 Å². The van der Waals surface area contributed by atoms with E-state index in [0.29, 0.717) is 0 Å². The van der Waals surface area contributed by atoms with Gasteiger partial charge in [0, 0.05) is 5.41 Å². The van der Waals surface area contributed by atoms with Crippen LogP contribution in [0.5, 0.6) is 0 Å². The summed E-state index contributed by atoms with van der Waals surface area (Å²) in [6, 6.07) is 0. The Morgan fingerprint density at radius 3 is 2.55 bits per heavy atom. The summed E-state index contributed by atoms with van der Waals surface area (Å²) in [6.45, 7) is 5.72. The highest BCUT2D eigenvalue weighted by atomic mass is 16.1. The van der Waals surface area contributed by atoms with Crippen molar-refractivity contribution < 1.29 is 4.79 Å². The molecule has 0 unspecified atom stereocenters. The number of carbonyl (C=O) groups is 1. The number of Topliss-reactive ketones (excluding diaryl/α,β-unsaturated/α-hetero) is 1. The molecule has 0 aliphatic heterocycles. The van der Waals surface area contributed by atoms with E-state index >= 15 is 0 Å². The van der Waals surface area contributed by atoms with Gasteiger partial charge in [-0.3, -0.25) is 4.79 Å². The van der Waals surface area contributed by atoms with Crippen molar-refractivity contribution >= 4 is 5.78 Å². The van der Waals surface area contributed by atoms with Crippen LogP contribution in [0.15, 0.2) is 11.6 Å². The highest BCUT2D eigenvalue weighted by Gasteiger charge is 2.29. The van der Waals surface area contributed by atoms with Gasteiger partial charge in [-0.15, -0.1) is 0 Å². The van der Waals surface area contributed by atoms with Gasteiger partial charge in [0.1, 0.15) is 5.78 Å². The lowest BCUT2D eigenvalue weighted by Gasteiger charge is -2.22. The topological polar surface area (TPSA) is 17.1 Å². The minimum Gasteiger partial charge on any atom is -0.299 e. The van der Waals surface area contributed by atoms with E-state index in [-0.39, 0.29) is 11.2 Å². The number of hydrogen-bond acceptors (Lipinski definition) is 1. The van der Waals surface area contributed by atoms with Crippen molar-refractivity contribution in [2.24, 2.45) is 5.41 Å². The molecule has 0 atom stereocenters. The van der Waals surface area contributed by atoms with Crippen LogP contribution < -0.4 is 0 Å². The van der Waals surface area contributed by atoms with Crippen LogP contribution in [0.1, 0.15) is 40.0 Å². The zero-order valence-electron chi connectivity index (χ0n) is 7.61. The van der Waals surface area contributed by atoms with Crippen LogP contribution in [0.2, 0.25) is 0 Å². The van der Waals surface area contributed by atoms with E-state index in [2.05, 4.69) is 6.08 Å². The van der Waals surface area contributed by atoms with Crippen molar-refractivity contribution in [2.45, 2.75) is 40.0 Å². The molecule has 0 aromatic carbocycles. The zero-order chi connectivity index (χ0) is 8.48. The van der Waals surface area contributed by atoms with Crippen LogP contribution in [0.25, 0.3) is 0 Å². The molecule has 1 aliphatic rings. The summed E-state index contributed by atoms with van der Waals surface area (Å²) in [4.78, 5) is 11.2. The van der Waals surface area contributed by atoms with Crippen molar-refractivity contribution in [1.29, 1.82) is 0 Å². The van der Waals surface area contributed by atoms with E-state index < -0.39 is 0 Å². The van der Waals surface area contributed by atoms with Crippen molar-refractivity contribution in [3.05, 3.63) is 11.6 Å². The summed E-state index contributed by atoms with van der Waals surface area (Å²) in [7, 11) is 0. The molecule has 11 heavy (non-hydrogen) atoms. The van der Waals surface area contributed by atoms with Gasteiger partial charge in [-0.25, -0.2) is 0 Å². The molecular formula is C10H16O. The molecule has 0 amide bonds. The summed E-state index contributed by atoms with van der Waals surface area (Å²) in [5.74, 6) is 0.283. The molecule has 1 heteroatoms. The lowest BCUT2D eigenvalue weighted by Crippen LogP contribution is -2.23. The number of rotatable bonds is 2. The second kappa shape index (κ2) is 2.80. The Hall–Kier alpha value is -0.590. The average Bonchev–Trinajstić information content (AvgIpc) is 2.37. The van der Waals surface area contributed by atoms with Crippen molar-refractivity contribution in [3.8, 4) is 0 Å². The fraction of sp³-hybridized carbons (Fsp3) is 0.700. The van der Waals surface area contributed by atoms with Gasteiger partial charge in [0.2, 0.25) is 0 Å². The van der Waals surface area contributed by atoms with Gasteiger partial charge in [-0.2, -0.15) is 0 Å². The van der Waals surface area contributed by atoms with Gasteiger partial charge in [-0.1, -0.05) is 11.6 Å². The predicted molar refractivity (Wildman–Crippen MR) is 46.4 cm³/mol. The maximum Gasteiger partial charge on any atom is 0.139 e. The third kappa shape index (κ3) is 1.52. The lowest BCUT2D eigenvalue weighted by atomic mass is 9.80. The van der Waals surface area contributed by atoms with E-state index in [4.69, 9.17) is 0 Å². The van der Waals surface area contributed by atoms with Crippen molar-refractivity contribution in [1.82, 2.24) is 0 Å². The van der Waals surface area contributed by atoms with Gasteiger partial charge in [0.15, 0.2) is 0 Å². The first kappa shape index (κ1) is 8.51. The van der Waals surface area contributed by atoms with Gasteiger partial charge in [0.05, 0.1) is 0 Å². The quantitative estimate of drug-likeness (QED) is 0.556. The predicted octanol–water partition coefficient (Wildman–Crippen LogP) is 2.71. The van der Waals surface area contributed by atoms with Crippen LogP contribution in [0, 0.1) is 5.41 Å². The second-order valence-corrected chi connectivity index (χ2v) is 3.80. The molecule has 0 bridgehead atoms. The van der Waals surface area contributed by atoms with E-state index in [1.807, 2.05) is 13.8 Å². The van der Waals surface area contributed by atoms with Gasteiger partial charge in [-0.05, 0) is 40.0 Å². The van der Waals surface area contributed by atoms with E-state index in [1.54, 1.807) is 6.92 Å². The molecule has 0 spiro atoms. The van der Waals surface area contributed by atoms with Crippen molar-refractivity contribution in [2.75, 3.05) is 0 Å². The summed E-state index contributed by atoms with van der Waals surface area (Å²) in [5, 5.41) is 0. The van der Waals surface area contributed by atoms with Crippen LogP contribution in [-0.4, -0.2) is 5.78 Å². The van der Waals surface area contributed by atoms with Crippen LogP contribution in [0.3, 0.4) is 0 Å². The molecule has 0 N–H and O–H groups in total. The Balaban J connectivity index is 2.79. The van der Waals surface area contributed by atoms with E-state index in [1.165, 1.54) is 12.0 Å². The maximum absolute atomic E-state index is 11.2. The van der Waals surface area contributed by atoms with Gasteiger partial charge >= 0.3 is 0 Å². The monoisotopic (exact) mass is 152 g/mol. The molecule has 0 radical (unpaired) electrons. The Bertz CT molecular complexity index is 199. The van der Waals surface area contributed by atoms with Crippen molar-refractivity contribution in [3.63, 3.8) is 0 Å². The normalized spacial score (nSPS) is 18.3. The molecule has 1 aliphatic carbocycles. The fourth-order valence-corrected chi connectivity index (χ4v) is 1.46. The van der Waals surface area contributed by atoms with Gasteiger partial charge in [0.25, 0.3) is 0 Å². The summed E-state index contributed by atoms with van der Waals surface area (Å²) in [6.07, 6.45) is 5.73. The highest BCUT2D eigenvalue weighted by molar-refractivity contribution is 5.84. The first-order chi connectivity index (χ1) is 5.05. The molecule has 0 saturated heterocycles. The Kier molecular flexibility index (Phi) is 2.17. The third-order valence-corrected chi connectivity index (χ3v) is 2.72. The highest BCUT2D eigenvalue weighted by Crippen LogP contribution is 2.35. The molecule has 0 saturated carbocycles. The van der Waals surface area contributed by atoms with Crippen LogP contribution >= 0.6 is 0 Å². The molecule has 62 valence electrons. The molecule has 1 rings (SSSR count). The smallest absolute Gasteiger partial charge is 0.139 e. The number of allylic oxidation sites excluding steroid dienone is 2. The Labute approximate surface area is 68.5 Å². The molecule has 1 nitrogen and oxygen atoms in total. The molecule has 0 aromatic heterocycles. The fourth-order valence-electron chi connectivity index (χ4n) is 1.46. The molecule has 0 fully saturated rings. The molecule has 0 heterocycles. The minimum absolute atomic E-state index is 0.198. The summed E-state index contributed by atoms with van der Waals surface area (Å²) >= 11 is 0. The standard InChI is InChI=1S/C10H16O/c1-8(11)10(2,3)9-6-4-5-7-9/h6H,4-5,7H2,1-3H3. The first-order valence-corrected chi connectivity index (χ1v) is 4.25. The number of ketones is 1. The minimum atomic E-state index is -0.198. The Morgan fingerprint density at radius 2 is 2.18 bits per heavy atom. The number of hydrogen-bond donors (Lipinski definition) is 0. The largest absolute Gasteiger partial charge is 0.299 e. The van der Waals surface area contributed by atoms with E-state index in [0.717, 1.165) is 12.8 Å². The SMILES string of the molecule is CC(=O)C(C)(C)C1=CCCC1. The maximum atomic E-state index is 11.2. The third-order valence-electron chi connectivity index (χ3n) is 2.72. The Morgan fingerprint density at radius 1 is 1.55 bits per heavy atom. The molecule has 0 aromatic rings. The molecular weight excluding hydrogens is 136 g/mol. The van der Waals surface area contributed by atoms with E-state index in [9.17, 15) is 4.79 Å². The van der Waals surface area contributed by atoms with Gasteiger partial charge < -0.3 is 0 Å².